The standard InChI is InChI=1S/C18H21N3O2/c1-13-8-14(2)10-16(9-13)21-17(22)12-20-18(23)19-11-15-6-4-3-5-7-15/h3-10H,11-12H2,1-2H3,(H,21,22)(H2,19,20,23). The Hall–Kier alpha value is -2.82. The number of hydrogen-bond acceptors (Lipinski definition) is 2. The molecule has 120 valence electrons. The van der Waals surface area contributed by atoms with Crippen molar-refractivity contribution in [3.8, 4) is 0 Å². The highest BCUT2D eigenvalue weighted by Gasteiger charge is 2.06. The molecule has 5 heteroatoms. The highest BCUT2D eigenvalue weighted by molar-refractivity contribution is 5.94. The minimum Gasteiger partial charge on any atom is -0.334 e. The number of carbonyl (C=O) groups is 2. The van der Waals surface area contributed by atoms with Crippen molar-refractivity contribution in [2.75, 3.05) is 11.9 Å². The zero-order chi connectivity index (χ0) is 16.7. The molecule has 3 N–H and O–H groups in total. The van der Waals surface area contributed by atoms with Crippen LogP contribution in [0.2, 0.25) is 0 Å². The highest BCUT2D eigenvalue weighted by atomic mass is 16.2. The van der Waals surface area contributed by atoms with Gasteiger partial charge in [0, 0.05) is 12.2 Å². The smallest absolute Gasteiger partial charge is 0.315 e. The van der Waals surface area contributed by atoms with Crippen LogP contribution < -0.4 is 16.0 Å². The quantitative estimate of drug-likeness (QED) is 0.794. The molecule has 0 fully saturated rings. The van der Waals surface area contributed by atoms with Crippen LogP contribution in [0.4, 0.5) is 10.5 Å². The fraction of sp³-hybridized carbons (Fsp3) is 0.222. The lowest BCUT2D eigenvalue weighted by Crippen LogP contribution is -2.39. The Labute approximate surface area is 136 Å². The summed E-state index contributed by atoms with van der Waals surface area (Å²) in [6.45, 7) is 4.29. The first-order valence-corrected chi connectivity index (χ1v) is 7.47. The molecule has 0 aliphatic heterocycles. The second kappa shape index (κ2) is 7.98. The van der Waals surface area contributed by atoms with E-state index in [4.69, 9.17) is 0 Å². The summed E-state index contributed by atoms with van der Waals surface area (Å²) in [7, 11) is 0. The lowest BCUT2D eigenvalue weighted by molar-refractivity contribution is -0.115. The van der Waals surface area contributed by atoms with Crippen molar-refractivity contribution in [1.29, 1.82) is 0 Å². The van der Waals surface area contributed by atoms with Crippen LogP contribution in [0.25, 0.3) is 0 Å². The fourth-order valence-electron chi connectivity index (χ4n) is 2.25. The summed E-state index contributed by atoms with van der Waals surface area (Å²) in [6.07, 6.45) is 0. The van der Waals surface area contributed by atoms with Crippen molar-refractivity contribution in [3.05, 3.63) is 65.2 Å². The van der Waals surface area contributed by atoms with Crippen LogP contribution in [0.3, 0.4) is 0 Å². The van der Waals surface area contributed by atoms with Crippen molar-refractivity contribution in [2.24, 2.45) is 0 Å². The summed E-state index contributed by atoms with van der Waals surface area (Å²) in [6, 6.07) is 15.0. The molecule has 0 aliphatic carbocycles. The largest absolute Gasteiger partial charge is 0.334 e. The van der Waals surface area contributed by atoms with Gasteiger partial charge in [0.1, 0.15) is 0 Å². The molecule has 2 rings (SSSR count). The van der Waals surface area contributed by atoms with Crippen molar-refractivity contribution in [2.45, 2.75) is 20.4 Å². The number of amides is 3. The Balaban J connectivity index is 1.74. The summed E-state index contributed by atoms with van der Waals surface area (Å²) >= 11 is 0. The van der Waals surface area contributed by atoms with Crippen LogP contribution in [0.15, 0.2) is 48.5 Å². The minimum atomic E-state index is -0.371. The zero-order valence-corrected chi connectivity index (χ0v) is 13.3. The number of urea groups is 1. The van der Waals surface area contributed by atoms with Crippen LogP contribution >= 0.6 is 0 Å². The fourth-order valence-corrected chi connectivity index (χ4v) is 2.25. The molecule has 3 amide bonds. The van der Waals surface area contributed by atoms with Crippen molar-refractivity contribution in [1.82, 2.24) is 10.6 Å². The third-order valence-electron chi connectivity index (χ3n) is 3.21. The number of benzene rings is 2. The number of aryl methyl sites for hydroxylation is 2. The van der Waals surface area contributed by atoms with Crippen LogP contribution in [-0.4, -0.2) is 18.5 Å². The Bertz CT molecular complexity index is 664. The predicted molar refractivity (Wildman–Crippen MR) is 91.2 cm³/mol. The van der Waals surface area contributed by atoms with Gasteiger partial charge in [-0.2, -0.15) is 0 Å². The molecule has 0 spiro atoms. The number of carbonyl (C=O) groups excluding carboxylic acids is 2. The van der Waals surface area contributed by atoms with Gasteiger partial charge < -0.3 is 16.0 Å². The van der Waals surface area contributed by atoms with Crippen LogP contribution in [0.5, 0.6) is 0 Å². The van der Waals surface area contributed by atoms with E-state index >= 15 is 0 Å². The molecule has 0 unspecified atom stereocenters. The van der Waals surface area contributed by atoms with E-state index in [1.807, 2.05) is 62.4 Å². The van der Waals surface area contributed by atoms with E-state index in [1.54, 1.807) is 0 Å². The van der Waals surface area contributed by atoms with Gasteiger partial charge in [-0.05, 0) is 42.7 Å². The number of anilines is 1. The van der Waals surface area contributed by atoms with Crippen LogP contribution in [0.1, 0.15) is 16.7 Å². The lowest BCUT2D eigenvalue weighted by Gasteiger charge is -2.09. The molecule has 0 saturated carbocycles. The van der Waals surface area contributed by atoms with Gasteiger partial charge >= 0.3 is 6.03 Å². The Morgan fingerprint density at radius 2 is 1.57 bits per heavy atom. The summed E-state index contributed by atoms with van der Waals surface area (Å²) < 4.78 is 0. The Morgan fingerprint density at radius 1 is 0.913 bits per heavy atom. The van der Waals surface area contributed by atoms with E-state index in [9.17, 15) is 9.59 Å². The van der Waals surface area contributed by atoms with Gasteiger partial charge in [-0.3, -0.25) is 4.79 Å². The SMILES string of the molecule is Cc1cc(C)cc(NC(=O)CNC(=O)NCc2ccccc2)c1. The van der Waals surface area contributed by atoms with Gasteiger partial charge in [0.25, 0.3) is 0 Å². The van der Waals surface area contributed by atoms with Gasteiger partial charge in [-0.15, -0.1) is 0 Å². The highest BCUT2D eigenvalue weighted by Crippen LogP contribution is 2.13. The first-order chi connectivity index (χ1) is 11.0. The van der Waals surface area contributed by atoms with Crippen LogP contribution in [0, 0.1) is 13.8 Å². The minimum absolute atomic E-state index is 0.0758. The van der Waals surface area contributed by atoms with E-state index in [0.717, 1.165) is 22.4 Å². The average molecular weight is 311 g/mol. The molecule has 5 nitrogen and oxygen atoms in total. The molecular formula is C18H21N3O2. The normalized spacial score (nSPS) is 10.0. The second-order valence-corrected chi connectivity index (χ2v) is 5.45. The maximum Gasteiger partial charge on any atom is 0.315 e. The molecular weight excluding hydrogens is 290 g/mol. The van der Waals surface area contributed by atoms with Crippen molar-refractivity contribution >= 4 is 17.6 Å². The average Bonchev–Trinajstić information content (AvgIpc) is 2.51. The third-order valence-corrected chi connectivity index (χ3v) is 3.21. The lowest BCUT2D eigenvalue weighted by atomic mass is 10.1. The molecule has 0 aromatic heterocycles. The molecule has 0 bridgehead atoms. The summed E-state index contributed by atoms with van der Waals surface area (Å²) in [5.41, 5.74) is 3.89. The molecule has 2 aromatic carbocycles. The van der Waals surface area contributed by atoms with Crippen molar-refractivity contribution in [3.63, 3.8) is 0 Å². The van der Waals surface area contributed by atoms with Gasteiger partial charge in [-0.25, -0.2) is 4.79 Å². The monoisotopic (exact) mass is 311 g/mol. The molecule has 2 aromatic rings. The first kappa shape index (κ1) is 16.5. The Morgan fingerprint density at radius 3 is 2.22 bits per heavy atom. The van der Waals surface area contributed by atoms with E-state index in [0.29, 0.717) is 6.54 Å². The topological polar surface area (TPSA) is 70.2 Å². The maximum absolute atomic E-state index is 11.9. The van der Waals surface area contributed by atoms with Gasteiger partial charge in [0.15, 0.2) is 0 Å². The van der Waals surface area contributed by atoms with Gasteiger partial charge in [0.05, 0.1) is 6.54 Å². The molecule has 0 heterocycles. The molecule has 0 radical (unpaired) electrons. The second-order valence-electron chi connectivity index (χ2n) is 5.45. The summed E-state index contributed by atoms with van der Waals surface area (Å²) in [5.74, 6) is -0.259. The molecule has 0 aliphatic rings. The van der Waals surface area contributed by atoms with E-state index in [1.165, 1.54) is 0 Å². The Kier molecular flexibility index (Phi) is 5.74. The summed E-state index contributed by atoms with van der Waals surface area (Å²) in [5, 5.41) is 8.02. The predicted octanol–water partition coefficient (Wildman–Crippen LogP) is 2.74. The molecule has 23 heavy (non-hydrogen) atoms. The van der Waals surface area contributed by atoms with Gasteiger partial charge in [0.2, 0.25) is 5.91 Å². The van der Waals surface area contributed by atoms with Gasteiger partial charge in [-0.1, -0.05) is 36.4 Å². The van der Waals surface area contributed by atoms with Crippen molar-refractivity contribution < 1.29 is 9.59 Å². The van der Waals surface area contributed by atoms with E-state index < -0.39 is 0 Å². The van der Waals surface area contributed by atoms with E-state index in [2.05, 4.69) is 16.0 Å². The third kappa shape index (κ3) is 5.82. The van der Waals surface area contributed by atoms with Crippen LogP contribution in [-0.2, 0) is 11.3 Å². The van der Waals surface area contributed by atoms with E-state index in [-0.39, 0.29) is 18.5 Å². The number of rotatable bonds is 5. The molecule has 0 saturated heterocycles. The number of nitrogens with one attached hydrogen (secondary N) is 3. The first-order valence-electron chi connectivity index (χ1n) is 7.47. The zero-order valence-electron chi connectivity index (χ0n) is 13.3. The summed E-state index contributed by atoms with van der Waals surface area (Å²) in [4.78, 5) is 23.5. The molecule has 0 atom stereocenters. The number of hydrogen-bond donors (Lipinski definition) is 3. The maximum atomic E-state index is 11.9.